The van der Waals surface area contributed by atoms with Gasteiger partial charge in [0.2, 0.25) is 0 Å². The summed E-state index contributed by atoms with van der Waals surface area (Å²) >= 11 is 5.22. The van der Waals surface area contributed by atoms with Crippen molar-refractivity contribution < 1.29 is 31.1 Å². The first kappa shape index (κ1) is 14.9. The number of alkyl halides is 7. The summed E-state index contributed by atoms with van der Waals surface area (Å²) < 4.78 is 80.4. The van der Waals surface area contributed by atoms with Crippen LogP contribution in [0.25, 0.3) is 0 Å². The van der Waals surface area contributed by atoms with Crippen LogP contribution in [0.3, 0.4) is 0 Å². The molecule has 102 valence electrons. The lowest BCUT2D eigenvalue weighted by Gasteiger charge is -2.19. The van der Waals surface area contributed by atoms with E-state index in [1.165, 1.54) is 0 Å². The zero-order valence-corrected chi connectivity index (χ0v) is 9.67. The molecule has 0 fully saturated rings. The van der Waals surface area contributed by atoms with Crippen molar-refractivity contribution in [1.82, 2.24) is 0 Å². The van der Waals surface area contributed by atoms with Crippen molar-refractivity contribution in [2.75, 3.05) is 7.11 Å². The van der Waals surface area contributed by atoms with Gasteiger partial charge in [-0.15, -0.1) is 11.6 Å². The maximum atomic E-state index is 12.7. The molecule has 0 radical (unpaired) electrons. The largest absolute Gasteiger partial charge is 0.496 e. The zero-order valence-electron chi connectivity index (χ0n) is 8.92. The summed E-state index contributed by atoms with van der Waals surface area (Å²) in [5.41, 5.74) is -3.93. The first-order chi connectivity index (χ1) is 8.12. The number of ether oxygens (including phenoxy) is 1. The van der Waals surface area contributed by atoms with E-state index in [-0.39, 0.29) is 0 Å². The fourth-order valence-corrected chi connectivity index (χ4v) is 1.79. The maximum absolute atomic E-state index is 12.7. The minimum absolute atomic E-state index is 0.520. The van der Waals surface area contributed by atoms with E-state index in [0.29, 0.717) is 12.1 Å². The van der Waals surface area contributed by atoms with E-state index in [1.807, 2.05) is 0 Å². The molecule has 8 heteroatoms. The Bertz CT molecular complexity index is 437. The zero-order chi connectivity index (χ0) is 14.1. The van der Waals surface area contributed by atoms with Crippen LogP contribution in [0.4, 0.5) is 26.3 Å². The molecule has 0 saturated heterocycles. The number of halogens is 7. The molecule has 0 spiro atoms. The van der Waals surface area contributed by atoms with Gasteiger partial charge in [0.1, 0.15) is 11.3 Å². The smallest absolute Gasteiger partial charge is 0.420 e. The minimum Gasteiger partial charge on any atom is -0.496 e. The van der Waals surface area contributed by atoms with Crippen molar-refractivity contribution in [1.29, 1.82) is 0 Å². The van der Waals surface area contributed by atoms with Gasteiger partial charge in [-0.1, -0.05) is 0 Å². The van der Waals surface area contributed by atoms with Crippen LogP contribution in [-0.2, 0) is 18.2 Å². The molecule has 0 N–H and O–H groups in total. The molecule has 0 amide bonds. The third-order valence-electron chi connectivity index (χ3n) is 2.22. The molecule has 0 atom stereocenters. The SMILES string of the molecule is COc1ccc(C(F)(F)F)c(CCl)c1C(F)(F)F. The van der Waals surface area contributed by atoms with Crippen molar-refractivity contribution in [3.8, 4) is 5.75 Å². The molecular weight excluding hydrogens is 286 g/mol. The van der Waals surface area contributed by atoms with E-state index in [4.69, 9.17) is 11.6 Å². The molecule has 18 heavy (non-hydrogen) atoms. The van der Waals surface area contributed by atoms with Gasteiger partial charge in [-0.3, -0.25) is 0 Å². The van der Waals surface area contributed by atoms with Crippen molar-refractivity contribution in [2.24, 2.45) is 0 Å². The van der Waals surface area contributed by atoms with E-state index < -0.39 is 40.7 Å². The van der Waals surface area contributed by atoms with Gasteiger partial charge in [-0.2, -0.15) is 26.3 Å². The Morgan fingerprint density at radius 1 is 1.06 bits per heavy atom. The van der Waals surface area contributed by atoms with Gasteiger partial charge < -0.3 is 4.74 Å². The van der Waals surface area contributed by atoms with Crippen LogP contribution in [0.5, 0.6) is 5.75 Å². The van der Waals surface area contributed by atoms with Crippen LogP contribution in [0.2, 0.25) is 0 Å². The van der Waals surface area contributed by atoms with E-state index in [9.17, 15) is 26.3 Å². The third kappa shape index (κ3) is 2.82. The molecule has 0 aliphatic carbocycles. The molecule has 0 saturated carbocycles. The number of hydrogen-bond donors (Lipinski definition) is 0. The van der Waals surface area contributed by atoms with Crippen LogP contribution in [-0.4, -0.2) is 7.11 Å². The predicted octanol–water partition coefficient (Wildman–Crippen LogP) is 4.47. The average Bonchev–Trinajstić information content (AvgIpc) is 2.24. The molecule has 1 nitrogen and oxygen atoms in total. The highest BCUT2D eigenvalue weighted by atomic mass is 35.5. The highest BCUT2D eigenvalue weighted by Crippen LogP contribution is 2.44. The molecule has 1 rings (SSSR count). The second-order valence-electron chi connectivity index (χ2n) is 3.30. The number of benzene rings is 1. The molecule has 0 aromatic heterocycles. The third-order valence-corrected chi connectivity index (χ3v) is 2.48. The Balaban J connectivity index is 3.64. The van der Waals surface area contributed by atoms with Crippen LogP contribution in [0.1, 0.15) is 16.7 Å². The van der Waals surface area contributed by atoms with Gasteiger partial charge in [-0.25, -0.2) is 0 Å². The van der Waals surface area contributed by atoms with Crippen LogP contribution >= 0.6 is 11.6 Å². The summed E-state index contributed by atoms with van der Waals surface area (Å²) in [6.45, 7) is 0. The van der Waals surface area contributed by atoms with Crippen molar-refractivity contribution in [3.63, 3.8) is 0 Å². The monoisotopic (exact) mass is 292 g/mol. The summed E-state index contributed by atoms with van der Waals surface area (Å²) in [5, 5.41) is 0. The summed E-state index contributed by atoms with van der Waals surface area (Å²) in [4.78, 5) is 0. The van der Waals surface area contributed by atoms with E-state index in [0.717, 1.165) is 7.11 Å². The molecule has 0 bridgehead atoms. The molecule has 0 unspecified atom stereocenters. The Kier molecular flexibility index (Phi) is 4.05. The van der Waals surface area contributed by atoms with Gasteiger partial charge in [0.25, 0.3) is 0 Å². The Labute approximate surface area is 103 Å². The Hall–Kier alpha value is -1.11. The van der Waals surface area contributed by atoms with Gasteiger partial charge in [0.15, 0.2) is 0 Å². The first-order valence-corrected chi connectivity index (χ1v) is 5.06. The first-order valence-electron chi connectivity index (χ1n) is 4.53. The van der Waals surface area contributed by atoms with Gasteiger partial charge in [0.05, 0.1) is 12.7 Å². The normalized spacial score (nSPS) is 12.7. The molecule has 1 aromatic carbocycles. The second-order valence-corrected chi connectivity index (χ2v) is 3.57. The quantitative estimate of drug-likeness (QED) is 0.577. The van der Waals surface area contributed by atoms with E-state index in [2.05, 4.69) is 4.74 Å². The van der Waals surface area contributed by atoms with Gasteiger partial charge >= 0.3 is 12.4 Å². The van der Waals surface area contributed by atoms with Crippen LogP contribution in [0, 0.1) is 0 Å². The summed E-state index contributed by atoms with van der Waals surface area (Å²) in [6.07, 6.45) is -9.88. The summed E-state index contributed by atoms with van der Waals surface area (Å²) in [6, 6.07) is 1.15. The highest BCUT2D eigenvalue weighted by molar-refractivity contribution is 6.17. The number of rotatable bonds is 2. The summed E-state index contributed by atoms with van der Waals surface area (Å²) in [7, 11) is 0.940. The fourth-order valence-electron chi connectivity index (χ4n) is 1.51. The summed E-state index contributed by atoms with van der Waals surface area (Å²) in [5.74, 6) is -1.60. The highest BCUT2D eigenvalue weighted by Gasteiger charge is 2.42. The van der Waals surface area contributed by atoms with Crippen molar-refractivity contribution in [2.45, 2.75) is 18.2 Å². The number of methoxy groups -OCH3 is 1. The number of hydrogen-bond acceptors (Lipinski definition) is 1. The second kappa shape index (κ2) is 4.87. The molecule has 1 aromatic rings. The lowest BCUT2D eigenvalue weighted by atomic mass is 10.00. The van der Waals surface area contributed by atoms with Crippen molar-refractivity contribution in [3.05, 3.63) is 28.8 Å². The van der Waals surface area contributed by atoms with Gasteiger partial charge in [0, 0.05) is 5.88 Å². The van der Waals surface area contributed by atoms with E-state index >= 15 is 0 Å². The van der Waals surface area contributed by atoms with Crippen molar-refractivity contribution >= 4 is 11.6 Å². The van der Waals surface area contributed by atoms with Crippen LogP contribution in [0.15, 0.2) is 12.1 Å². The van der Waals surface area contributed by atoms with Gasteiger partial charge in [-0.05, 0) is 17.7 Å². The molecular formula is C10H7ClF6O. The average molecular weight is 293 g/mol. The molecule has 0 aliphatic heterocycles. The molecule has 0 aliphatic rings. The lowest BCUT2D eigenvalue weighted by Crippen LogP contribution is -2.17. The fraction of sp³-hybridized carbons (Fsp3) is 0.400. The lowest BCUT2D eigenvalue weighted by molar-refractivity contribution is -0.144. The molecule has 0 heterocycles. The standard InChI is InChI=1S/C10H7ClF6O/c1-18-7-3-2-6(9(12,13)14)5(4-11)8(7)10(15,16)17/h2-3H,4H2,1H3. The van der Waals surface area contributed by atoms with Crippen LogP contribution < -0.4 is 4.74 Å². The Morgan fingerprint density at radius 3 is 1.94 bits per heavy atom. The topological polar surface area (TPSA) is 9.23 Å². The maximum Gasteiger partial charge on any atom is 0.420 e. The minimum atomic E-state index is -4.98. The Morgan fingerprint density at radius 2 is 1.61 bits per heavy atom. The van der Waals surface area contributed by atoms with E-state index in [1.54, 1.807) is 0 Å². The predicted molar refractivity (Wildman–Crippen MR) is 52.6 cm³/mol.